The van der Waals surface area contributed by atoms with E-state index in [1.54, 1.807) is 11.3 Å². The molecular weight excluding hydrogens is 244 g/mol. The average molecular weight is 270 g/mol. The number of thiazole rings is 1. The summed E-state index contributed by atoms with van der Waals surface area (Å²) in [6, 6.07) is 0.532. The SMILES string of the molecule is Cc1ncsc1CCOCC(C)(C)CNC(C)C. The van der Waals surface area contributed by atoms with Crippen LogP contribution in [-0.2, 0) is 11.2 Å². The van der Waals surface area contributed by atoms with E-state index in [0.717, 1.165) is 31.9 Å². The standard InChI is InChI=1S/C14H26N2OS/c1-11(2)15-8-14(4,5)9-17-7-6-13-12(3)16-10-18-13/h10-11,15H,6-9H2,1-5H3. The Labute approximate surface area is 115 Å². The number of aromatic nitrogens is 1. The van der Waals surface area contributed by atoms with Gasteiger partial charge in [-0.2, -0.15) is 0 Å². The van der Waals surface area contributed by atoms with Gasteiger partial charge in [-0.25, -0.2) is 4.98 Å². The maximum Gasteiger partial charge on any atom is 0.0797 e. The van der Waals surface area contributed by atoms with Gasteiger partial charge >= 0.3 is 0 Å². The lowest BCUT2D eigenvalue weighted by Crippen LogP contribution is -2.36. The highest BCUT2D eigenvalue weighted by molar-refractivity contribution is 7.09. The second-order valence-corrected chi connectivity index (χ2v) is 6.80. The molecule has 4 heteroatoms. The maximum absolute atomic E-state index is 5.80. The summed E-state index contributed by atoms with van der Waals surface area (Å²) < 4.78 is 5.80. The topological polar surface area (TPSA) is 34.1 Å². The lowest BCUT2D eigenvalue weighted by molar-refractivity contribution is 0.0632. The number of nitrogens with zero attached hydrogens (tertiary/aromatic N) is 1. The first kappa shape index (κ1) is 15.6. The molecule has 104 valence electrons. The van der Waals surface area contributed by atoms with E-state index in [1.165, 1.54) is 4.88 Å². The smallest absolute Gasteiger partial charge is 0.0797 e. The summed E-state index contributed by atoms with van der Waals surface area (Å²) in [6.07, 6.45) is 0.976. The van der Waals surface area contributed by atoms with Crippen molar-refractivity contribution in [2.75, 3.05) is 19.8 Å². The highest BCUT2D eigenvalue weighted by Gasteiger charge is 2.18. The quantitative estimate of drug-likeness (QED) is 0.737. The first-order valence-corrected chi connectivity index (χ1v) is 7.49. The highest BCUT2D eigenvalue weighted by Crippen LogP contribution is 2.16. The van der Waals surface area contributed by atoms with Gasteiger partial charge in [0.05, 0.1) is 24.4 Å². The average Bonchev–Trinajstić information content (AvgIpc) is 2.68. The van der Waals surface area contributed by atoms with Gasteiger partial charge < -0.3 is 10.1 Å². The lowest BCUT2D eigenvalue weighted by atomic mass is 9.94. The Morgan fingerprint density at radius 3 is 2.72 bits per heavy atom. The van der Waals surface area contributed by atoms with Crippen LogP contribution in [0.2, 0.25) is 0 Å². The molecule has 0 amide bonds. The highest BCUT2D eigenvalue weighted by atomic mass is 32.1. The van der Waals surface area contributed by atoms with Gasteiger partial charge in [0, 0.05) is 29.3 Å². The second kappa shape index (κ2) is 7.22. The van der Waals surface area contributed by atoms with Gasteiger partial charge in [-0.1, -0.05) is 27.7 Å². The van der Waals surface area contributed by atoms with Crippen LogP contribution in [-0.4, -0.2) is 30.8 Å². The molecule has 1 aromatic heterocycles. The molecule has 0 aliphatic rings. The molecule has 0 atom stereocenters. The molecule has 3 nitrogen and oxygen atoms in total. The number of hydrogen-bond donors (Lipinski definition) is 1. The molecule has 0 bridgehead atoms. The summed E-state index contributed by atoms with van der Waals surface area (Å²) in [4.78, 5) is 5.59. The van der Waals surface area contributed by atoms with E-state index in [-0.39, 0.29) is 5.41 Å². The van der Waals surface area contributed by atoms with Crippen molar-refractivity contribution < 1.29 is 4.74 Å². The van der Waals surface area contributed by atoms with Crippen molar-refractivity contribution in [2.24, 2.45) is 5.41 Å². The molecule has 0 aliphatic heterocycles. The van der Waals surface area contributed by atoms with Crippen LogP contribution in [0.4, 0.5) is 0 Å². The normalized spacial score (nSPS) is 12.3. The van der Waals surface area contributed by atoms with Crippen LogP contribution in [0, 0.1) is 12.3 Å². The number of rotatable bonds is 8. The van der Waals surface area contributed by atoms with Gasteiger partial charge in [0.15, 0.2) is 0 Å². The van der Waals surface area contributed by atoms with Crippen LogP contribution in [0.5, 0.6) is 0 Å². The fraction of sp³-hybridized carbons (Fsp3) is 0.786. The Morgan fingerprint density at radius 1 is 1.44 bits per heavy atom. The number of hydrogen-bond acceptors (Lipinski definition) is 4. The van der Waals surface area contributed by atoms with Crippen molar-refractivity contribution in [3.05, 3.63) is 16.1 Å². The van der Waals surface area contributed by atoms with E-state index in [0.29, 0.717) is 6.04 Å². The molecule has 0 aliphatic carbocycles. The van der Waals surface area contributed by atoms with Crippen molar-refractivity contribution in [3.63, 3.8) is 0 Å². The Bertz CT molecular complexity index is 347. The largest absolute Gasteiger partial charge is 0.380 e. The van der Waals surface area contributed by atoms with Gasteiger partial charge in [0.25, 0.3) is 0 Å². The van der Waals surface area contributed by atoms with Crippen LogP contribution < -0.4 is 5.32 Å². The van der Waals surface area contributed by atoms with Crippen LogP contribution in [0.1, 0.15) is 38.3 Å². The van der Waals surface area contributed by atoms with Crippen molar-refractivity contribution in [1.29, 1.82) is 0 Å². The molecule has 18 heavy (non-hydrogen) atoms. The van der Waals surface area contributed by atoms with Crippen LogP contribution in [0.3, 0.4) is 0 Å². The van der Waals surface area contributed by atoms with Gasteiger partial charge in [-0.15, -0.1) is 11.3 Å². The third-order valence-corrected chi connectivity index (χ3v) is 3.79. The zero-order valence-electron chi connectivity index (χ0n) is 12.2. The number of nitrogens with one attached hydrogen (secondary N) is 1. The van der Waals surface area contributed by atoms with E-state index in [4.69, 9.17) is 4.74 Å². The monoisotopic (exact) mass is 270 g/mol. The van der Waals surface area contributed by atoms with E-state index < -0.39 is 0 Å². The molecule has 0 radical (unpaired) electrons. The van der Waals surface area contributed by atoms with Crippen molar-refractivity contribution in [2.45, 2.75) is 47.1 Å². The van der Waals surface area contributed by atoms with Crippen LogP contribution in [0.15, 0.2) is 5.51 Å². The molecule has 0 saturated carbocycles. The predicted molar refractivity (Wildman–Crippen MR) is 78.3 cm³/mol. The second-order valence-electron chi connectivity index (χ2n) is 5.86. The summed E-state index contributed by atoms with van der Waals surface area (Å²) >= 11 is 1.72. The van der Waals surface area contributed by atoms with E-state index in [2.05, 4.69) is 44.9 Å². The molecule has 0 saturated heterocycles. The maximum atomic E-state index is 5.80. The molecule has 1 rings (SSSR count). The Kier molecular flexibility index (Phi) is 6.26. The molecule has 0 spiro atoms. The minimum Gasteiger partial charge on any atom is -0.380 e. The minimum absolute atomic E-state index is 0.188. The van der Waals surface area contributed by atoms with E-state index in [1.807, 2.05) is 5.51 Å². The summed E-state index contributed by atoms with van der Waals surface area (Å²) in [5, 5.41) is 3.46. The number of ether oxygens (including phenoxy) is 1. The Balaban J connectivity index is 2.18. The van der Waals surface area contributed by atoms with Crippen molar-refractivity contribution in [1.82, 2.24) is 10.3 Å². The molecule has 1 N–H and O–H groups in total. The van der Waals surface area contributed by atoms with Gasteiger partial charge in [0.2, 0.25) is 0 Å². The summed E-state index contributed by atoms with van der Waals surface area (Å²) in [6.45, 7) is 13.4. The number of aryl methyl sites for hydroxylation is 1. The minimum atomic E-state index is 0.188. The Morgan fingerprint density at radius 2 is 2.17 bits per heavy atom. The fourth-order valence-corrected chi connectivity index (χ4v) is 2.37. The third kappa shape index (κ3) is 5.94. The third-order valence-electron chi connectivity index (χ3n) is 2.80. The molecule has 0 unspecified atom stereocenters. The molecule has 0 aromatic carbocycles. The Hall–Kier alpha value is -0.450. The summed E-state index contributed by atoms with van der Waals surface area (Å²) in [7, 11) is 0. The first-order chi connectivity index (χ1) is 8.41. The first-order valence-electron chi connectivity index (χ1n) is 6.61. The zero-order chi connectivity index (χ0) is 13.6. The molecule has 1 aromatic rings. The summed E-state index contributed by atoms with van der Waals surface area (Å²) in [5.41, 5.74) is 3.23. The fourth-order valence-electron chi connectivity index (χ4n) is 1.61. The van der Waals surface area contributed by atoms with E-state index >= 15 is 0 Å². The van der Waals surface area contributed by atoms with Crippen LogP contribution in [0.25, 0.3) is 0 Å². The van der Waals surface area contributed by atoms with Crippen LogP contribution >= 0.6 is 11.3 Å². The predicted octanol–water partition coefficient (Wildman–Crippen LogP) is 3.03. The lowest BCUT2D eigenvalue weighted by Gasteiger charge is -2.26. The molecular formula is C14H26N2OS. The zero-order valence-corrected chi connectivity index (χ0v) is 13.1. The van der Waals surface area contributed by atoms with E-state index in [9.17, 15) is 0 Å². The van der Waals surface area contributed by atoms with Crippen molar-refractivity contribution in [3.8, 4) is 0 Å². The van der Waals surface area contributed by atoms with Gasteiger partial charge in [-0.05, 0) is 6.92 Å². The summed E-state index contributed by atoms with van der Waals surface area (Å²) in [5.74, 6) is 0. The molecule has 1 heterocycles. The van der Waals surface area contributed by atoms with Gasteiger partial charge in [-0.3, -0.25) is 0 Å². The molecule has 0 fully saturated rings. The van der Waals surface area contributed by atoms with Gasteiger partial charge in [0.1, 0.15) is 0 Å². The van der Waals surface area contributed by atoms with Crippen molar-refractivity contribution >= 4 is 11.3 Å².